The Labute approximate surface area is 117 Å². The molecule has 0 heterocycles. The molecule has 2 N–H and O–H groups in total. The first-order valence-electron chi connectivity index (χ1n) is 7.33. The smallest absolute Gasteiger partial charge is 0.118 e. The van der Waals surface area contributed by atoms with Gasteiger partial charge in [0.1, 0.15) is 5.75 Å². The van der Waals surface area contributed by atoms with Gasteiger partial charge in [0.05, 0.1) is 7.11 Å². The zero-order valence-corrected chi connectivity index (χ0v) is 12.6. The SMILES string of the molecule is CCN(CC)CCCCC(N)c1ccc(OC)cc1. The van der Waals surface area contributed by atoms with Gasteiger partial charge >= 0.3 is 0 Å². The summed E-state index contributed by atoms with van der Waals surface area (Å²) in [6, 6.07) is 8.22. The molecule has 19 heavy (non-hydrogen) atoms. The first kappa shape index (κ1) is 16.0. The second-order valence-corrected chi connectivity index (χ2v) is 4.90. The molecule has 0 bridgehead atoms. The van der Waals surface area contributed by atoms with Crippen molar-refractivity contribution in [3.8, 4) is 5.75 Å². The molecule has 3 heteroatoms. The van der Waals surface area contributed by atoms with Gasteiger partial charge in [-0.1, -0.05) is 32.4 Å². The molecule has 0 saturated carbocycles. The standard InChI is InChI=1S/C16H28N2O/c1-4-18(5-2)13-7-6-8-16(17)14-9-11-15(19-3)12-10-14/h9-12,16H,4-8,13,17H2,1-3H3. The van der Waals surface area contributed by atoms with E-state index in [1.807, 2.05) is 12.1 Å². The average Bonchev–Trinajstić information content (AvgIpc) is 2.47. The second kappa shape index (κ2) is 8.94. The highest BCUT2D eigenvalue weighted by Crippen LogP contribution is 2.20. The van der Waals surface area contributed by atoms with E-state index in [9.17, 15) is 0 Å². The van der Waals surface area contributed by atoms with E-state index in [-0.39, 0.29) is 6.04 Å². The maximum Gasteiger partial charge on any atom is 0.118 e. The molecule has 0 spiro atoms. The van der Waals surface area contributed by atoms with Gasteiger partial charge in [-0.2, -0.15) is 0 Å². The first-order chi connectivity index (χ1) is 9.21. The minimum Gasteiger partial charge on any atom is -0.497 e. The summed E-state index contributed by atoms with van der Waals surface area (Å²) < 4.78 is 5.15. The molecule has 0 amide bonds. The van der Waals surface area contributed by atoms with E-state index in [0.717, 1.165) is 25.3 Å². The Balaban J connectivity index is 2.28. The van der Waals surface area contributed by atoms with E-state index in [4.69, 9.17) is 10.5 Å². The largest absolute Gasteiger partial charge is 0.497 e. The van der Waals surface area contributed by atoms with Crippen molar-refractivity contribution in [1.29, 1.82) is 0 Å². The summed E-state index contributed by atoms with van der Waals surface area (Å²) in [6.45, 7) is 7.89. The molecule has 1 unspecified atom stereocenters. The maximum absolute atomic E-state index is 6.21. The van der Waals surface area contributed by atoms with Crippen molar-refractivity contribution in [2.45, 2.75) is 39.2 Å². The Hall–Kier alpha value is -1.06. The molecule has 3 nitrogen and oxygen atoms in total. The molecule has 0 radical (unpaired) electrons. The number of hydrogen-bond donors (Lipinski definition) is 1. The first-order valence-corrected chi connectivity index (χ1v) is 7.33. The van der Waals surface area contributed by atoms with Gasteiger partial charge in [-0.3, -0.25) is 0 Å². The number of methoxy groups -OCH3 is 1. The highest BCUT2D eigenvalue weighted by atomic mass is 16.5. The fraction of sp³-hybridized carbons (Fsp3) is 0.625. The summed E-state index contributed by atoms with van der Waals surface area (Å²) >= 11 is 0. The van der Waals surface area contributed by atoms with Crippen molar-refractivity contribution < 1.29 is 4.74 Å². The van der Waals surface area contributed by atoms with Gasteiger partial charge in [0.15, 0.2) is 0 Å². The Morgan fingerprint density at radius 1 is 1.11 bits per heavy atom. The number of hydrogen-bond acceptors (Lipinski definition) is 3. The van der Waals surface area contributed by atoms with E-state index in [1.54, 1.807) is 7.11 Å². The van der Waals surface area contributed by atoms with E-state index in [0.29, 0.717) is 0 Å². The number of unbranched alkanes of at least 4 members (excludes halogenated alkanes) is 1. The third kappa shape index (κ3) is 5.62. The van der Waals surface area contributed by atoms with Gasteiger partial charge in [-0.05, 0) is 50.2 Å². The topological polar surface area (TPSA) is 38.5 Å². The summed E-state index contributed by atoms with van der Waals surface area (Å²) in [5.74, 6) is 0.887. The van der Waals surface area contributed by atoms with Crippen LogP contribution in [0.1, 0.15) is 44.7 Å². The van der Waals surface area contributed by atoms with Gasteiger partial charge in [-0.25, -0.2) is 0 Å². The van der Waals surface area contributed by atoms with Crippen molar-refractivity contribution in [3.63, 3.8) is 0 Å². The van der Waals surface area contributed by atoms with Crippen LogP contribution in [0.2, 0.25) is 0 Å². The van der Waals surface area contributed by atoms with Gasteiger partial charge in [0, 0.05) is 6.04 Å². The Bertz CT molecular complexity index is 333. The van der Waals surface area contributed by atoms with E-state index < -0.39 is 0 Å². The number of ether oxygens (including phenoxy) is 1. The molecule has 0 aliphatic carbocycles. The lowest BCUT2D eigenvalue weighted by Gasteiger charge is -2.18. The quantitative estimate of drug-likeness (QED) is 0.696. The maximum atomic E-state index is 6.21. The fourth-order valence-corrected chi connectivity index (χ4v) is 2.26. The van der Waals surface area contributed by atoms with Crippen molar-refractivity contribution in [1.82, 2.24) is 4.90 Å². The predicted molar refractivity (Wildman–Crippen MR) is 81.6 cm³/mol. The zero-order valence-electron chi connectivity index (χ0n) is 12.6. The molecule has 0 aromatic heterocycles. The Kier molecular flexibility index (Phi) is 7.53. The van der Waals surface area contributed by atoms with E-state index in [1.165, 1.54) is 24.9 Å². The van der Waals surface area contributed by atoms with Crippen LogP contribution in [-0.2, 0) is 0 Å². The van der Waals surface area contributed by atoms with E-state index >= 15 is 0 Å². The number of nitrogens with zero attached hydrogens (tertiary/aromatic N) is 1. The fourth-order valence-electron chi connectivity index (χ4n) is 2.26. The summed E-state index contributed by atoms with van der Waals surface area (Å²) in [7, 11) is 1.68. The Morgan fingerprint density at radius 3 is 2.26 bits per heavy atom. The molecule has 0 saturated heterocycles. The molecule has 0 fully saturated rings. The van der Waals surface area contributed by atoms with Crippen molar-refractivity contribution in [2.24, 2.45) is 5.73 Å². The molecule has 0 aliphatic rings. The molecule has 108 valence electrons. The van der Waals surface area contributed by atoms with Crippen LogP contribution in [0.5, 0.6) is 5.75 Å². The number of nitrogens with two attached hydrogens (primary N) is 1. The highest BCUT2D eigenvalue weighted by molar-refractivity contribution is 5.28. The predicted octanol–water partition coefficient (Wildman–Crippen LogP) is 3.21. The molecular formula is C16H28N2O. The van der Waals surface area contributed by atoms with Crippen LogP contribution in [0.4, 0.5) is 0 Å². The lowest BCUT2D eigenvalue weighted by molar-refractivity contribution is 0.294. The molecule has 1 atom stereocenters. The van der Waals surface area contributed by atoms with Crippen molar-refractivity contribution in [3.05, 3.63) is 29.8 Å². The summed E-state index contributed by atoms with van der Waals surface area (Å²) in [5.41, 5.74) is 7.41. The third-order valence-corrected chi connectivity index (χ3v) is 3.68. The van der Waals surface area contributed by atoms with Crippen LogP contribution < -0.4 is 10.5 Å². The molecule has 0 aliphatic heterocycles. The number of rotatable bonds is 9. The zero-order chi connectivity index (χ0) is 14.1. The minimum atomic E-state index is 0.141. The molecular weight excluding hydrogens is 236 g/mol. The molecule has 1 aromatic carbocycles. The second-order valence-electron chi connectivity index (χ2n) is 4.90. The minimum absolute atomic E-state index is 0.141. The monoisotopic (exact) mass is 264 g/mol. The summed E-state index contributed by atoms with van der Waals surface area (Å²) in [5, 5.41) is 0. The van der Waals surface area contributed by atoms with E-state index in [2.05, 4.69) is 30.9 Å². The van der Waals surface area contributed by atoms with Gasteiger partial charge < -0.3 is 15.4 Å². The normalized spacial score (nSPS) is 12.7. The third-order valence-electron chi connectivity index (χ3n) is 3.68. The Morgan fingerprint density at radius 2 is 1.74 bits per heavy atom. The van der Waals surface area contributed by atoms with Gasteiger partial charge in [0.2, 0.25) is 0 Å². The lowest BCUT2D eigenvalue weighted by atomic mass is 10.0. The van der Waals surface area contributed by atoms with Crippen molar-refractivity contribution in [2.75, 3.05) is 26.7 Å². The van der Waals surface area contributed by atoms with Crippen LogP contribution >= 0.6 is 0 Å². The molecule has 1 rings (SSSR count). The summed E-state index contributed by atoms with van der Waals surface area (Å²) in [6.07, 6.45) is 3.46. The van der Waals surface area contributed by atoms with Crippen LogP contribution in [0.25, 0.3) is 0 Å². The molecule has 1 aromatic rings. The van der Waals surface area contributed by atoms with Crippen LogP contribution in [-0.4, -0.2) is 31.6 Å². The summed E-state index contributed by atoms with van der Waals surface area (Å²) in [4.78, 5) is 2.46. The average molecular weight is 264 g/mol. The van der Waals surface area contributed by atoms with Crippen LogP contribution in [0.3, 0.4) is 0 Å². The van der Waals surface area contributed by atoms with Crippen LogP contribution in [0.15, 0.2) is 24.3 Å². The highest BCUT2D eigenvalue weighted by Gasteiger charge is 2.06. The number of benzene rings is 1. The van der Waals surface area contributed by atoms with Crippen LogP contribution in [0, 0.1) is 0 Å². The van der Waals surface area contributed by atoms with Gasteiger partial charge in [0.25, 0.3) is 0 Å². The lowest BCUT2D eigenvalue weighted by Crippen LogP contribution is -2.24. The van der Waals surface area contributed by atoms with Gasteiger partial charge in [-0.15, -0.1) is 0 Å². The van der Waals surface area contributed by atoms with Crippen molar-refractivity contribution >= 4 is 0 Å².